The van der Waals surface area contributed by atoms with Gasteiger partial charge in [0.25, 0.3) is 0 Å². The molecule has 2 aromatic rings. The average Bonchev–Trinajstić information content (AvgIpc) is 2.75. The zero-order chi connectivity index (χ0) is 13.0. The molecular weight excluding hydrogens is 226 g/mol. The van der Waals surface area contributed by atoms with Crippen LogP contribution in [0.4, 0.5) is 0 Å². The molecule has 0 atom stereocenters. The molecule has 0 saturated carbocycles. The van der Waals surface area contributed by atoms with Gasteiger partial charge in [-0.2, -0.15) is 5.10 Å². The summed E-state index contributed by atoms with van der Waals surface area (Å²) in [6, 6.07) is 7.98. The molecule has 0 aliphatic rings. The van der Waals surface area contributed by atoms with Gasteiger partial charge in [0.1, 0.15) is 18.7 Å². The molecule has 1 heterocycles. The second-order valence-corrected chi connectivity index (χ2v) is 4.81. The third-order valence-electron chi connectivity index (χ3n) is 2.68. The maximum atomic E-state index is 5.78. The Morgan fingerprint density at radius 3 is 2.78 bits per heavy atom. The number of aromatic nitrogens is 3. The number of hydrogen-bond donors (Lipinski definition) is 0. The van der Waals surface area contributed by atoms with Gasteiger partial charge < -0.3 is 4.74 Å². The molecule has 1 aromatic carbocycles. The van der Waals surface area contributed by atoms with E-state index in [-0.39, 0.29) is 0 Å². The normalized spacial score (nSPS) is 10.9. The van der Waals surface area contributed by atoms with E-state index < -0.39 is 0 Å². The molecule has 0 N–H and O–H groups in total. The van der Waals surface area contributed by atoms with Crippen LogP contribution in [0.5, 0.6) is 5.75 Å². The van der Waals surface area contributed by atoms with Crippen LogP contribution < -0.4 is 4.74 Å². The second kappa shape index (κ2) is 5.67. The molecule has 18 heavy (non-hydrogen) atoms. The molecule has 0 aliphatic carbocycles. The van der Waals surface area contributed by atoms with E-state index in [1.807, 2.05) is 35.9 Å². The van der Waals surface area contributed by atoms with Crippen LogP contribution in [0.3, 0.4) is 0 Å². The number of ether oxygens (including phenoxy) is 1. The van der Waals surface area contributed by atoms with Crippen LogP contribution in [0, 0.1) is 12.8 Å². The number of para-hydroxylation sites is 1. The molecule has 0 unspecified atom stereocenters. The topological polar surface area (TPSA) is 39.9 Å². The largest absolute Gasteiger partial charge is 0.485 e. The Kier molecular flexibility index (Phi) is 3.97. The monoisotopic (exact) mass is 245 g/mol. The van der Waals surface area contributed by atoms with Crippen molar-refractivity contribution in [3.63, 3.8) is 0 Å². The molecule has 0 radical (unpaired) electrons. The van der Waals surface area contributed by atoms with E-state index in [0.29, 0.717) is 12.5 Å². The fraction of sp³-hybridized carbons (Fsp3) is 0.429. The summed E-state index contributed by atoms with van der Waals surface area (Å²) in [7, 11) is 0. The summed E-state index contributed by atoms with van der Waals surface area (Å²) in [6.07, 6.45) is 1.58. The predicted octanol–water partition coefficient (Wildman–Crippen LogP) is 2.82. The third kappa shape index (κ3) is 3.09. The first-order valence-corrected chi connectivity index (χ1v) is 6.22. The summed E-state index contributed by atoms with van der Waals surface area (Å²) in [5.41, 5.74) is 1.13. The number of hydrogen-bond acceptors (Lipinski definition) is 3. The van der Waals surface area contributed by atoms with Gasteiger partial charge in [0.15, 0.2) is 5.82 Å². The smallest absolute Gasteiger partial charge is 0.164 e. The van der Waals surface area contributed by atoms with Gasteiger partial charge in [-0.15, -0.1) is 0 Å². The highest BCUT2D eigenvalue weighted by Gasteiger charge is 2.07. The highest BCUT2D eigenvalue weighted by Crippen LogP contribution is 2.17. The molecule has 0 aliphatic heterocycles. The minimum absolute atomic E-state index is 0.456. The lowest BCUT2D eigenvalue weighted by molar-refractivity contribution is 0.281. The zero-order valence-electron chi connectivity index (χ0n) is 11.1. The van der Waals surface area contributed by atoms with Crippen LogP contribution in [0.25, 0.3) is 0 Å². The van der Waals surface area contributed by atoms with Crippen molar-refractivity contribution in [1.29, 1.82) is 0 Å². The van der Waals surface area contributed by atoms with Gasteiger partial charge in [-0.1, -0.05) is 32.0 Å². The van der Waals surface area contributed by atoms with E-state index >= 15 is 0 Å². The van der Waals surface area contributed by atoms with Crippen LogP contribution in [-0.2, 0) is 13.2 Å². The van der Waals surface area contributed by atoms with Crippen molar-refractivity contribution >= 4 is 0 Å². The highest BCUT2D eigenvalue weighted by molar-refractivity contribution is 5.31. The minimum Gasteiger partial charge on any atom is -0.485 e. The molecule has 4 nitrogen and oxygen atoms in total. The van der Waals surface area contributed by atoms with Crippen molar-refractivity contribution in [3.05, 3.63) is 42.0 Å². The van der Waals surface area contributed by atoms with Crippen LogP contribution in [0.1, 0.15) is 25.2 Å². The summed E-state index contributed by atoms with van der Waals surface area (Å²) in [4.78, 5) is 4.24. The van der Waals surface area contributed by atoms with Gasteiger partial charge in [0, 0.05) is 6.54 Å². The molecule has 2 rings (SSSR count). The maximum absolute atomic E-state index is 5.78. The van der Waals surface area contributed by atoms with Gasteiger partial charge in [-0.3, -0.25) is 0 Å². The van der Waals surface area contributed by atoms with Crippen molar-refractivity contribution in [2.75, 3.05) is 0 Å². The molecule has 0 bridgehead atoms. The number of nitrogens with zero attached hydrogens (tertiary/aromatic N) is 3. The molecule has 4 heteroatoms. The lowest BCUT2D eigenvalue weighted by Crippen LogP contribution is -2.12. The fourth-order valence-electron chi connectivity index (χ4n) is 1.76. The Bertz CT molecular complexity index is 505. The van der Waals surface area contributed by atoms with Crippen molar-refractivity contribution in [2.24, 2.45) is 5.92 Å². The summed E-state index contributed by atoms with van der Waals surface area (Å²) in [6.45, 7) is 7.68. The highest BCUT2D eigenvalue weighted by atomic mass is 16.5. The Hall–Kier alpha value is -1.84. The van der Waals surface area contributed by atoms with E-state index in [0.717, 1.165) is 23.7 Å². The maximum Gasteiger partial charge on any atom is 0.164 e. The SMILES string of the molecule is Cc1ccccc1OCc1ncnn1CC(C)C. The van der Waals surface area contributed by atoms with Gasteiger partial charge in [-0.25, -0.2) is 9.67 Å². The molecular formula is C14H19N3O. The van der Waals surface area contributed by atoms with Gasteiger partial charge in [0.2, 0.25) is 0 Å². The summed E-state index contributed by atoms with van der Waals surface area (Å²) in [5, 5.41) is 4.22. The van der Waals surface area contributed by atoms with Crippen LogP contribution in [-0.4, -0.2) is 14.8 Å². The zero-order valence-corrected chi connectivity index (χ0v) is 11.1. The first-order chi connectivity index (χ1) is 8.66. The molecule has 0 spiro atoms. The quantitative estimate of drug-likeness (QED) is 0.813. The van der Waals surface area contributed by atoms with E-state index in [1.54, 1.807) is 6.33 Å². The van der Waals surface area contributed by atoms with Gasteiger partial charge in [-0.05, 0) is 24.5 Å². The molecule has 0 amide bonds. The van der Waals surface area contributed by atoms with Crippen molar-refractivity contribution in [3.8, 4) is 5.75 Å². The molecule has 1 aromatic heterocycles. The van der Waals surface area contributed by atoms with E-state index in [2.05, 4.69) is 23.9 Å². The van der Waals surface area contributed by atoms with Crippen LogP contribution in [0.2, 0.25) is 0 Å². The Morgan fingerprint density at radius 2 is 2.06 bits per heavy atom. The first kappa shape index (κ1) is 12.6. The summed E-state index contributed by atoms with van der Waals surface area (Å²) < 4.78 is 7.69. The lowest BCUT2D eigenvalue weighted by atomic mass is 10.2. The Balaban J connectivity index is 2.02. The van der Waals surface area contributed by atoms with Crippen molar-refractivity contribution in [1.82, 2.24) is 14.8 Å². The van der Waals surface area contributed by atoms with Crippen molar-refractivity contribution in [2.45, 2.75) is 33.9 Å². The predicted molar refractivity (Wildman–Crippen MR) is 70.4 cm³/mol. The van der Waals surface area contributed by atoms with Gasteiger partial charge >= 0.3 is 0 Å². The van der Waals surface area contributed by atoms with Crippen molar-refractivity contribution < 1.29 is 4.74 Å². The second-order valence-electron chi connectivity index (χ2n) is 4.81. The number of aryl methyl sites for hydroxylation is 1. The Morgan fingerprint density at radius 1 is 1.28 bits per heavy atom. The van der Waals surface area contributed by atoms with Crippen LogP contribution >= 0.6 is 0 Å². The fourth-order valence-corrected chi connectivity index (χ4v) is 1.76. The van der Waals surface area contributed by atoms with E-state index in [9.17, 15) is 0 Å². The average molecular weight is 245 g/mol. The molecule has 0 saturated heterocycles. The number of benzene rings is 1. The molecule has 96 valence electrons. The Labute approximate surface area is 108 Å². The first-order valence-electron chi connectivity index (χ1n) is 6.22. The summed E-state index contributed by atoms with van der Waals surface area (Å²) in [5.74, 6) is 2.31. The van der Waals surface area contributed by atoms with Gasteiger partial charge in [0.05, 0.1) is 0 Å². The van der Waals surface area contributed by atoms with E-state index in [4.69, 9.17) is 4.74 Å². The van der Waals surface area contributed by atoms with Crippen LogP contribution in [0.15, 0.2) is 30.6 Å². The number of rotatable bonds is 5. The standard InChI is InChI=1S/C14H19N3O/c1-11(2)8-17-14(15-10-16-17)9-18-13-7-5-4-6-12(13)3/h4-7,10-11H,8-9H2,1-3H3. The van der Waals surface area contributed by atoms with E-state index in [1.165, 1.54) is 0 Å². The summed E-state index contributed by atoms with van der Waals surface area (Å²) >= 11 is 0. The lowest BCUT2D eigenvalue weighted by Gasteiger charge is -2.11. The molecule has 0 fully saturated rings. The third-order valence-corrected chi connectivity index (χ3v) is 2.68. The minimum atomic E-state index is 0.456.